The molecule has 0 fully saturated rings. The van der Waals surface area contributed by atoms with Gasteiger partial charge < -0.3 is 4.98 Å². The lowest BCUT2D eigenvalue weighted by Crippen LogP contribution is -2.08. The number of aryl methyl sites for hydroxylation is 2. The summed E-state index contributed by atoms with van der Waals surface area (Å²) in [4.78, 5) is 19.1. The first-order valence-electron chi connectivity index (χ1n) is 6.40. The van der Waals surface area contributed by atoms with E-state index in [0.717, 1.165) is 16.7 Å². The Bertz CT molecular complexity index is 866. The summed E-state index contributed by atoms with van der Waals surface area (Å²) in [5.41, 5.74) is 2.91. The van der Waals surface area contributed by atoms with Crippen LogP contribution in [0.3, 0.4) is 0 Å². The monoisotopic (exact) mass is 300 g/mol. The maximum absolute atomic E-state index is 11.9. The van der Waals surface area contributed by atoms with Crippen LogP contribution in [-0.4, -0.2) is 19.7 Å². The molecule has 0 unspecified atom stereocenters. The van der Waals surface area contributed by atoms with Crippen molar-refractivity contribution in [3.63, 3.8) is 0 Å². The number of nitrogens with zero attached hydrogens (tertiary/aromatic N) is 3. The summed E-state index contributed by atoms with van der Waals surface area (Å²) in [6, 6.07) is 7.03. The minimum atomic E-state index is -0.212. The summed E-state index contributed by atoms with van der Waals surface area (Å²) in [6.45, 7) is 1.92. The van der Waals surface area contributed by atoms with E-state index in [2.05, 4.69) is 15.1 Å². The van der Waals surface area contributed by atoms with Crippen molar-refractivity contribution in [2.75, 3.05) is 0 Å². The van der Waals surface area contributed by atoms with Crippen molar-refractivity contribution in [3.8, 4) is 22.6 Å². The maximum atomic E-state index is 11.9. The molecule has 0 bridgehead atoms. The van der Waals surface area contributed by atoms with Gasteiger partial charge in [-0.25, -0.2) is 4.98 Å². The van der Waals surface area contributed by atoms with E-state index in [1.807, 2.05) is 32.3 Å². The summed E-state index contributed by atoms with van der Waals surface area (Å²) in [7, 11) is 1.82. The van der Waals surface area contributed by atoms with Crippen LogP contribution in [0.5, 0.6) is 0 Å². The SMILES string of the molecule is Cc1ccc(-c2nc(-c3cnn(C)c3)cc(=O)[nH]2)cc1Cl. The number of aromatic nitrogens is 4. The zero-order chi connectivity index (χ0) is 15.0. The zero-order valence-electron chi connectivity index (χ0n) is 11.6. The minimum Gasteiger partial charge on any atom is -0.306 e. The van der Waals surface area contributed by atoms with Gasteiger partial charge in [-0.15, -0.1) is 0 Å². The maximum Gasteiger partial charge on any atom is 0.251 e. The standard InChI is InChI=1S/C15H13ClN4O/c1-9-3-4-10(5-12(9)16)15-18-13(6-14(21)19-15)11-7-17-20(2)8-11/h3-8H,1-2H3,(H,18,19,21). The van der Waals surface area contributed by atoms with E-state index in [1.54, 1.807) is 16.9 Å². The van der Waals surface area contributed by atoms with Gasteiger partial charge in [-0.05, 0) is 18.6 Å². The van der Waals surface area contributed by atoms with Crippen molar-refractivity contribution in [1.29, 1.82) is 0 Å². The van der Waals surface area contributed by atoms with E-state index in [-0.39, 0.29) is 5.56 Å². The molecule has 0 aliphatic heterocycles. The first-order valence-corrected chi connectivity index (χ1v) is 6.77. The highest BCUT2D eigenvalue weighted by Crippen LogP contribution is 2.23. The Morgan fingerprint density at radius 1 is 1.24 bits per heavy atom. The Kier molecular flexibility index (Phi) is 3.35. The third kappa shape index (κ3) is 2.73. The molecule has 0 atom stereocenters. The van der Waals surface area contributed by atoms with Gasteiger partial charge in [0, 0.05) is 35.5 Å². The van der Waals surface area contributed by atoms with Gasteiger partial charge in [0.05, 0.1) is 11.9 Å². The zero-order valence-corrected chi connectivity index (χ0v) is 12.3. The van der Waals surface area contributed by atoms with Crippen LogP contribution >= 0.6 is 11.6 Å². The molecule has 0 saturated carbocycles. The molecule has 21 heavy (non-hydrogen) atoms. The third-order valence-electron chi connectivity index (χ3n) is 3.19. The second-order valence-corrected chi connectivity index (χ2v) is 5.25. The quantitative estimate of drug-likeness (QED) is 0.791. The van der Waals surface area contributed by atoms with Crippen LogP contribution in [0.15, 0.2) is 41.5 Å². The van der Waals surface area contributed by atoms with E-state index >= 15 is 0 Å². The number of nitrogens with one attached hydrogen (secondary N) is 1. The van der Waals surface area contributed by atoms with Crippen molar-refractivity contribution < 1.29 is 0 Å². The van der Waals surface area contributed by atoms with Gasteiger partial charge >= 0.3 is 0 Å². The Balaban J connectivity index is 2.13. The molecule has 0 amide bonds. The predicted molar refractivity (Wildman–Crippen MR) is 82.2 cm³/mol. The Hall–Kier alpha value is -2.40. The molecule has 0 radical (unpaired) electrons. The topological polar surface area (TPSA) is 63.6 Å². The van der Waals surface area contributed by atoms with Gasteiger partial charge in [0.25, 0.3) is 5.56 Å². The number of halogens is 1. The van der Waals surface area contributed by atoms with Gasteiger partial charge in [0.2, 0.25) is 0 Å². The molecule has 0 spiro atoms. The molecule has 0 saturated heterocycles. The molecule has 1 N–H and O–H groups in total. The normalized spacial score (nSPS) is 10.8. The molecule has 6 heteroatoms. The molecule has 2 heterocycles. The minimum absolute atomic E-state index is 0.212. The first-order chi connectivity index (χ1) is 10.0. The number of H-pyrrole nitrogens is 1. The molecular weight excluding hydrogens is 288 g/mol. The van der Waals surface area contributed by atoms with Crippen LogP contribution in [0.2, 0.25) is 5.02 Å². The largest absolute Gasteiger partial charge is 0.306 e. The third-order valence-corrected chi connectivity index (χ3v) is 3.59. The Morgan fingerprint density at radius 3 is 2.71 bits per heavy atom. The van der Waals surface area contributed by atoms with E-state index in [4.69, 9.17) is 11.6 Å². The van der Waals surface area contributed by atoms with Crippen molar-refractivity contribution in [2.24, 2.45) is 7.05 Å². The molecule has 5 nitrogen and oxygen atoms in total. The number of benzene rings is 1. The molecule has 3 aromatic rings. The summed E-state index contributed by atoms with van der Waals surface area (Å²) in [5, 5.41) is 4.73. The van der Waals surface area contributed by atoms with Crippen molar-refractivity contribution in [2.45, 2.75) is 6.92 Å². The lowest BCUT2D eigenvalue weighted by Gasteiger charge is -2.05. The first kappa shape index (κ1) is 13.6. The van der Waals surface area contributed by atoms with Gasteiger partial charge in [-0.3, -0.25) is 9.48 Å². The molecule has 0 aliphatic rings. The lowest BCUT2D eigenvalue weighted by atomic mass is 10.1. The fourth-order valence-corrected chi connectivity index (χ4v) is 2.22. The molecule has 106 valence electrons. The Morgan fingerprint density at radius 2 is 2.05 bits per heavy atom. The van der Waals surface area contributed by atoms with E-state index in [1.165, 1.54) is 6.07 Å². The van der Waals surface area contributed by atoms with Crippen LogP contribution in [-0.2, 0) is 7.05 Å². The van der Waals surface area contributed by atoms with E-state index in [0.29, 0.717) is 16.5 Å². The fourth-order valence-electron chi connectivity index (χ4n) is 2.04. The number of hydrogen-bond acceptors (Lipinski definition) is 3. The molecule has 2 aromatic heterocycles. The van der Waals surface area contributed by atoms with Crippen molar-refractivity contribution in [1.82, 2.24) is 19.7 Å². The average Bonchev–Trinajstić information content (AvgIpc) is 2.88. The fraction of sp³-hybridized carbons (Fsp3) is 0.133. The highest BCUT2D eigenvalue weighted by molar-refractivity contribution is 6.31. The van der Waals surface area contributed by atoms with Crippen LogP contribution < -0.4 is 5.56 Å². The number of hydrogen-bond donors (Lipinski definition) is 1. The van der Waals surface area contributed by atoms with Crippen LogP contribution in [0.25, 0.3) is 22.6 Å². The van der Waals surface area contributed by atoms with Gasteiger partial charge in [-0.2, -0.15) is 5.10 Å². The summed E-state index contributed by atoms with van der Waals surface area (Å²) >= 11 is 6.13. The van der Waals surface area contributed by atoms with Gasteiger partial charge in [0.15, 0.2) is 0 Å². The second-order valence-electron chi connectivity index (χ2n) is 4.85. The second kappa shape index (κ2) is 5.18. The highest BCUT2D eigenvalue weighted by atomic mass is 35.5. The summed E-state index contributed by atoms with van der Waals surface area (Å²) in [5.74, 6) is 0.489. The number of aromatic amines is 1. The van der Waals surface area contributed by atoms with E-state index < -0.39 is 0 Å². The summed E-state index contributed by atoms with van der Waals surface area (Å²) < 4.78 is 1.67. The van der Waals surface area contributed by atoms with Crippen LogP contribution in [0.1, 0.15) is 5.56 Å². The molecule has 3 rings (SSSR count). The average molecular weight is 301 g/mol. The lowest BCUT2D eigenvalue weighted by molar-refractivity contribution is 0.768. The molecule has 1 aromatic carbocycles. The smallest absolute Gasteiger partial charge is 0.251 e. The van der Waals surface area contributed by atoms with Crippen LogP contribution in [0.4, 0.5) is 0 Å². The number of rotatable bonds is 2. The molecular formula is C15H13ClN4O. The van der Waals surface area contributed by atoms with E-state index in [9.17, 15) is 4.79 Å². The Labute approximate surface area is 126 Å². The molecule has 0 aliphatic carbocycles. The van der Waals surface area contributed by atoms with Crippen molar-refractivity contribution >= 4 is 11.6 Å². The van der Waals surface area contributed by atoms with Gasteiger partial charge in [0.1, 0.15) is 5.82 Å². The van der Waals surface area contributed by atoms with Gasteiger partial charge in [-0.1, -0.05) is 23.7 Å². The highest BCUT2D eigenvalue weighted by Gasteiger charge is 2.08. The van der Waals surface area contributed by atoms with Crippen LogP contribution in [0, 0.1) is 6.92 Å². The predicted octanol–water partition coefficient (Wildman–Crippen LogP) is 2.80. The van der Waals surface area contributed by atoms with Crippen molar-refractivity contribution in [3.05, 3.63) is 57.6 Å². The summed E-state index contributed by atoms with van der Waals surface area (Å²) in [6.07, 6.45) is 3.49.